The van der Waals surface area contributed by atoms with E-state index in [1.807, 2.05) is 48.5 Å². The molecule has 0 aliphatic rings. The number of hydrogen-bond donors (Lipinski definition) is 2. The van der Waals surface area contributed by atoms with Gasteiger partial charge in [-0.1, -0.05) is 36.4 Å². The van der Waals surface area contributed by atoms with Crippen LogP contribution >= 0.6 is 0 Å². The van der Waals surface area contributed by atoms with Crippen molar-refractivity contribution in [3.63, 3.8) is 0 Å². The van der Waals surface area contributed by atoms with E-state index in [1.54, 1.807) is 12.1 Å². The zero-order chi connectivity index (χ0) is 16.8. The van der Waals surface area contributed by atoms with E-state index in [-0.39, 0.29) is 5.91 Å². The number of nitriles is 1. The second kappa shape index (κ2) is 7.25. The largest absolute Gasteiger partial charge is 0.367 e. The Balaban J connectivity index is 1.61. The Kier molecular flexibility index (Phi) is 4.68. The molecule has 3 rings (SSSR count). The van der Waals surface area contributed by atoms with Crippen LogP contribution in [0.1, 0.15) is 15.9 Å². The van der Waals surface area contributed by atoms with Crippen LogP contribution in [0.25, 0.3) is 10.9 Å². The molecule has 2 N–H and O–H groups in total. The first-order valence-electron chi connectivity index (χ1n) is 7.65. The van der Waals surface area contributed by atoms with Crippen LogP contribution in [-0.2, 0) is 0 Å². The topological polar surface area (TPSA) is 77.8 Å². The number of nitrogens with zero attached hydrogens (tertiary/aromatic N) is 2. The summed E-state index contributed by atoms with van der Waals surface area (Å²) >= 11 is 0. The van der Waals surface area contributed by atoms with Crippen LogP contribution in [0.3, 0.4) is 0 Å². The van der Waals surface area contributed by atoms with Gasteiger partial charge in [0, 0.05) is 24.0 Å². The number of pyridine rings is 1. The molecule has 1 heterocycles. The Morgan fingerprint density at radius 3 is 2.58 bits per heavy atom. The molecule has 1 aromatic heterocycles. The molecular formula is C19H16N4O. The van der Waals surface area contributed by atoms with Crippen LogP contribution in [0.4, 0.5) is 5.82 Å². The van der Waals surface area contributed by atoms with Crippen LogP contribution in [0.15, 0.2) is 60.7 Å². The highest BCUT2D eigenvalue weighted by atomic mass is 16.1. The summed E-state index contributed by atoms with van der Waals surface area (Å²) in [7, 11) is 0. The summed E-state index contributed by atoms with van der Waals surface area (Å²) in [6.45, 7) is 0.922. The lowest BCUT2D eigenvalue weighted by atomic mass is 10.1. The van der Waals surface area contributed by atoms with Gasteiger partial charge >= 0.3 is 0 Å². The van der Waals surface area contributed by atoms with Gasteiger partial charge in [-0.05, 0) is 24.3 Å². The Labute approximate surface area is 140 Å². The van der Waals surface area contributed by atoms with Crippen LogP contribution in [0, 0.1) is 11.3 Å². The van der Waals surface area contributed by atoms with Crippen LogP contribution in [0.2, 0.25) is 0 Å². The average Bonchev–Trinajstić information content (AvgIpc) is 2.65. The molecule has 0 saturated heterocycles. The first-order valence-corrected chi connectivity index (χ1v) is 7.65. The average molecular weight is 316 g/mol. The number of nitrogens with one attached hydrogen (secondary N) is 2. The van der Waals surface area contributed by atoms with E-state index < -0.39 is 0 Å². The maximum absolute atomic E-state index is 11.9. The number of carbonyl (C=O) groups excluding carboxylic acids is 1. The van der Waals surface area contributed by atoms with Gasteiger partial charge in [-0.2, -0.15) is 5.26 Å². The molecule has 0 aliphatic carbocycles. The summed E-state index contributed by atoms with van der Waals surface area (Å²) in [6.07, 6.45) is 0. The molecule has 0 radical (unpaired) electrons. The molecule has 3 aromatic rings. The van der Waals surface area contributed by atoms with Crippen molar-refractivity contribution in [3.8, 4) is 6.07 Å². The normalized spacial score (nSPS) is 10.1. The molecule has 0 spiro atoms. The summed E-state index contributed by atoms with van der Waals surface area (Å²) in [5.41, 5.74) is 1.94. The molecule has 0 unspecified atom stereocenters. The highest BCUT2D eigenvalue weighted by Crippen LogP contribution is 2.19. The van der Waals surface area contributed by atoms with Gasteiger partial charge in [-0.15, -0.1) is 0 Å². The molecule has 24 heavy (non-hydrogen) atoms. The monoisotopic (exact) mass is 316 g/mol. The maximum Gasteiger partial charge on any atom is 0.251 e. The third-order valence-electron chi connectivity index (χ3n) is 3.58. The molecule has 118 valence electrons. The molecule has 0 aliphatic heterocycles. The van der Waals surface area contributed by atoms with Gasteiger partial charge < -0.3 is 10.6 Å². The van der Waals surface area contributed by atoms with Crippen molar-refractivity contribution in [3.05, 3.63) is 71.8 Å². The number of rotatable bonds is 5. The summed E-state index contributed by atoms with van der Waals surface area (Å²) in [5, 5.41) is 16.1. The van der Waals surface area contributed by atoms with Crippen LogP contribution in [0.5, 0.6) is 0 Å². The maximum atomic E-state index is 11.9. The summed E-state index contributed by atoms with van der Waals surface area (Å²) in [6, 6.07) is 20.7. The SMILES string of the molecule is N#Cc1cc2ccccc2nc1NCCNC(=O)c1ccccc1. The minimum absolute atomic E-state index is 0.121. The smallest absolute Gasteiger partial charge is 0.251 e. The number of aromatic nitrogens is 1. The van der Waals surface area contributed by atoms with E-state index in [0.29, 0.717) is 30.0 Å². The van der Waals surface area contributed by atoms with E-state index in [1.165, 1.54) is 0 Å². The second-order valence-electron chi connectivity index (χ2n) is 5.24. The standard InChI is InChI=1S/C19H16N4O/c20-13-16-12-15-8-4-5-9-17(15)23-18(16)21-10-11-22-19(24)14-6-2-1-3-7-14/h1-9,12H,10-11H2,(H,21,23)(H,22,24). The van der Waals surface area contributed by atoms with E-state index in [4.69, 9.17) is 0 Å². The van der Waals surface area contributed by atoms with Crippen molar-refractivity contribution in [1.29, 1.82) is 5.26 Å². The highest BCUT2D eigenvalue weighted by molar-refractivity contribution is 5.94. The van der Waals surface area contributed by atoms with Crippen molar-refractivity contribution >= 4 is 22.6 Å². The first kappa shape index (κ1) is 15.5. The Morgan fingerprint density at radius 1 is 1.04 bits per heavy atom. The van der Waals surface area contributed by atoms with E-state index >= 15 is 0 Å². The summed E-state index contributed by atoms with van der Waals surface area (Å²) in [5.74, 6) is 0.412. The molecule has 5 nitrogen and oxygen atoms in total. The molecule has 0 bridgehead atoms. The Morgan fingerprint density at radius 2 is 1.79 bits per heavy atom. The summed E-state index contributed by atoms with van der Waals surface area (Å²) in [4.78, 5) is 16.4. The van der Waals surface area contributed by atoms with E-state index in [2.05, 4.69) is 21.7 Å². The van der Waals surface area contributed by atoms with Gasteiger partial charge in [0.25, 0.3) is 5.91 Å². The molecule has 2 aromatic carbocycles. The predicted octanol–water partition coefficient (Wildman–Crippen LogP) is 2.95. The highest BCUT2D eigenvalue weighted by Gasteiger charge is 2.07. The van der Waals surface area contributed by atoms with Crippen molar-refractivity contribution in [2.24, 2.45) is 0 Å². The van der Waals surface area contributed by atoms with Crippen LogP contribution in [-0.4, -0.2) is 24.0 Å². The predicted molar refractivity (Wildman–Crippen MR) is 93.7 cm³/mol. The molecule has 0 atom stereocenters. The lowest BCUT2D eigenvalue weighted by Crippen LogP contribution is -2.29. The van der Waals surface area contributed by atoms with Crippen molar-refractivity contribution in [2.45, 2.75) is 0 Å². The first-order chi connectivity index (χ1) is 11.8. The number of hydrogen-bond acceptors (Lipinski definition) is 4. The van der Waals surface area contributed by atoms with Gasteiger partial charge in [-0.25, -0.2) is 4.98 Å². The lowest BCUT2D eigenvalue weighted by Gasteiger charge is -2.10. The zero-order valence-electron chi connectivity index (χ0n) is 13.0. The van der Waals surface area contributed by atoms with Crippen molar-refractivity contribution in [2.75, 3.05) is 18.4 Å². The van der Waals surface area contributed by atoms with E-state index in [0.717, 1.165) is 10.9 Å². The fraction of sp³-hybridized carbons (Fsp3) is 0.105. The minimum Gasteiger partial charge on any atom is -0.367 e. The minimum atomic E-state index is -0.121. The second-order valence-corrected chi connectivity index (χ2v) is 5.24. The quantitative estimate of drug-likeness (QED) is 0.709. The third-order valence-corrected chi connectivity index (χ3v) is 3.58. The lowest BCUT2D eigenvalue weighted by molar-refractivity contribution is 0.0955. The number of fused-ring (bicyclic) bond motifs is 1. The van der Waals surface area contributed by atoms with Gasteiger partial charge in [0.2, 0.25) is 0 Å². The fourth-order valence-electron chi connectivity index (χ4n) is 2.38. The third kappa shape index (κ3) is 3.50. The number of benzene rings is 2. The number of anilines is 1. The summed E-state index contributed by atoms with van der Waals surface area (Å²) < 4.78 is 0. The number of para-hydroxylation sites is 1. The van der Waals surface area contributed by atoms with Gasteiger partial charge in [-0.3, -0.25) is 4.79 Å². The van der Waals surface area contributed by atoms with E-state index in [9.17, 15) is 10.1 Å². The molecule has 1 amide bonds. The van der Waals surface area contributed by atoms with Gasteiger partial charge in [0.05, 0.1) is 11.1 Å². The molecule has 0 fully saturated rings. The molecule has 0 saturated carbocycles. The van der Waals surface area contributed by atoms with Gasteiger partial charge in [0.1, 0.15) is 11.9 Å². The number of amides is 1. The number of carbonyl (C=O) groups is 1. The fourth-order valence-corrected chi connectivity index (χ4v) is 2.38. The van der Waals surface area contributed by atoms with Gasteiger partial charge in [0.15, 0.2) is 0 Å². The Bertz CT molecular complexity index is 900. The Hall–Kier alpha value is -3.39. The van der Waals surface area contributed by atoms with Crippen molar-refractivity contribution < 1.29 is 4.79 Å². The van der Waals surface area contributed by atoms with Crippen LogP contribution < -0.4 is 10.6 Å². The molecular weight excluding hydrogens is 300 g/mol. The zero-order valence-corrected chi connectivity index (χ0v) is 13.0. The molecule has 5 heteroatoms. The van der Waals surface area contributed by atoms with Crippen molar-refractivity contribution in [1.82, 2.24) is 10.3 Å².